The Hall–Kier alpha value is -0.530. The fourth-order valence-corrected chi connectivity index (χ4v) is 3.11. The van der Waals surface area contributed by atoms with Crippen LogP contribution in [0.15, 0.2) is 0 Å². The molecule has 0 bridgehead atoms. The normalized spacial score (nSPS) is 28.4. The van der Waals surface area contributed by atoms with Crippen molar-refractivity contribution < 1.29 is 4.79 Å². The van der Waals surface area contributed by atoms with Crippen LogP contribution in [0, 0.1) is 23.7 Å². The van der Waals surface area contributed by atoms with Crippen molar-refractivity contribution in [3.8, 4) is 0 Å². The predicted molar refractivity (Wildman–Crippen MR) is 75.3 cm³/mol. The van der Waals surface area contributed by atoms with E-state index in [2.05, 4.69) is 25.7 Å². The average Bonchev–Trinajstić information content (AvgIpc) is 3.13. The molecule has 0 unspecified atom stereocenters. The minimum absolute atomic E-state index is 0.381. The summed E-state index contributed by atoms with van der Waals surface area (Å²) in [6, 6.07) is 0. The van der Waals surface area contributed by atoms with Crippen LogP contribution in [0.25, 0.3) is 0 Å². The standard InChI is InChI=1S/C16H29NO/c1-12(2)10-17(16(18)15-8-9-15)11-14-6-4-13(3)5-7-14/h12-15H,4-11H2,1-3H3. The van der Waals surface area contributed by atoms with Crippen LogP contribution >= 0.6 is 0 Å². The van der Waals surface area contributed by atoms with Gasteiger partial charge in [0.25, 0.3) is 0 Å². The molecule has 0 aromatic carbocycles. The van der Waals surface area contributed by atoms with Crippen molar-refractivity contribution in [1.29, 1.82) is 0 Å². The van der Waals surface area contributed by atoms with Gasteiger partial charge in [0.2, 0.25) is 5.91 Å². The van der Waals surface area contributed by atoms with E-state index >= 15 is 0 Å². The third-order valence-corrected chi connectivity index (χ3v) is 4.44. The highest BCUT2D eigenvalue weighted by Crippen LogP contribution is 2.33. The van der Waals surface area contributed by atoms with Gasteiger partial charge in [-0.25, -0.2) is 0 Å². The molecule has 2 aliphatic rings. The lowest BCUT2D eigenvalue weighted by Gasteiger charge is -2.32. The Morgan fingerprint density at radius 3 is 2.22 bits per heavy atom. The summed E-state index contributed by atoms with van der Waals surface area (Å²) in [5.74, 6) is 3.09. The molecule has 1 amide bonds. The number of hydrogen-bond acceptors (Lipinski definition) is 1. The molecule has 2 rings (SSSR count). The van der Waals surface area contributed by atoms with Gasteiger partial charge in [0.15, 0.2) is 0 Å². The van der Waals surface area contributed by atoms with Crippen molar-refractivity contribution in [3.63, 3.8) is 0 Å². The largest absolute Gasteiger partial charge is 0.342 e. The average molecular weight is 251 g/mol. The lowest BCUT2D eigenvalue weighted by atomic mass is 9.82. The Balaban J connectivity index is 1.85. The molecule has 0 N–H and O–H groups in total. The fraction of sp³-hybridized carbons (Fsp3) is 0.938. The summed E-state index contributed by atoms with van der Waals surface area (Å²) < 4.78 is 0. The molecule has 2 heteroatoms. The van der Waals surface area contributed by atoms with E-state index in [4.69, 9.17) is 0 Å². The van der Waals surface area contributed by atoms with E-state index in [-0.39, 0.29) is 0 Å². The number of rotatable bonds is 5. The summed E-state index contributed by atoms with van der Waals surface area (Å²) in [6.07, 6.45) is 7.64. The fourth-order valence-electron chi connectivity index (χ4n) is 3.11. The molecule has 104 valence electrons. The Morgan fingerprint density at radius 2 is 1.72 bits per heavy atom. The molecule has 0 spiro atoms. The molecular formula is C16H29NO. The number of carbonyl (C=O) groups excluding carboxylic acids is 1. The first-order chi connectivity index (χ1) is 8.56. The first kappa shape index (κ1) is 13.9. The van der Waals surface area contributed by atoms with Gasteiger partial charge >= 0.3 is 0 Å². The van der Waals surface area contributed by atoms with Gasteiger partial charge in [-0.3, -0.25) is 4.79 Å². The highest BCUT2D eigenvalue weighted by Gasteiger charge is 2.34. The van der Waals surface area contributed by atoms with Crippen LogP contribution < -0.4 is 0 Å². The Morgan fingerprint density at radius 1 is 1.11 bits per heavy atom. The number of amides is 1. The van der Waals surface area contributed by atoms with Crippen molar-refractivity contribution in [1.82, 2.24) is 4.90 Å². The maximum absolute atomic E-state index is 12.3. The number of nitrogens with zero attached hydrogens (tertiary/aromatic N) is 1. The van der Waals surface area contributed by atoms with E-state index in [1.54, 1.807) is 0 Å². The second-order valence-corrected chi connectivity index (χ2v) is 7.04. The minimum Gasteiger partial charge on any atom is -0.342 e. The molecule has 0 atom stereocenters. The highest BCUT2D eigenvalue weighted by atomic mass is 16.2. The summed E-state index contributed by atoms with van der Waals surface area (Å²) in [6.45, 7) is 8.78. The van der Waals surface area contributed by atoms with E-state index in [9.17, 15) is 4.79 Å². The summed E-state index contributed by atoms with van der Waals surface area (Å²) in [4.78, 5) is 14.5. The van der Waals surface area contributed by atoms with Gasteiger partial charge in [-0.15, -0.1) is 0 Å². The molecule has 2 fully saturated rings. The second kappa shape index (κ2) is 6.08. The first-order valence-corrected chi connectivity index (χ1v) is 7.85. The van der Waals surface area contributed by atoms with Crippen LogP contribution in [0.5, 0.6) is 0 Å². The quantitative estimate of drug-likeness (QED) is 0.729. The van der Waals surface area contributed by atoms with Crippen molar-refractivity contribution >= 4 is 5.91 Å². The summed E-state index contributed by atoms with van der Waals surface area (Å²) in [5, 5.41) is 0. The SMILES string of the molecule is CC(C)CN(CC1CCC(C)CC1)C(=O)C1CC1. The number of hydrogen-bond donors (Lipinski definition) is 0. The van der Waals surface area contributed by atoms with Crippen LogP contribution in [0.1, 0.15) is 59.3 Å². The van der Waals surface area contributed by atoms with Crippen molar-refractivity contribution in [2.45, 2.75) is 59.3 Å². The third-order valence-electron chi connectivity index (χ3n) is 4.44. The molecule has 0 aliphatic heterocycles. The van der Waals surface area contributed by atoms with E-state index in [1.165, 1.54) is 25.7 Å². The molecule has 0 radical (unpaired) electrons. The zero-order valence-electron chi connectivity index (χ0n) is 12.3. The van der Waals surface area contributed by atoms with Crippen LogP contribution in [0.4, 0.5) is 0 Å². The van der Waals surface area contributed by atoms with Crippen LogP contribution in [0.3, 0.4) is 0 Å². The smallest absolute Gasteiger partial charge is 0.225 e. The van der Waals surface area contributed by atoms with Crippen molar-refractivity contribution in [2.24, 2.45) is 23.7 Å². The molecule has 2 saturated carbocycles. The van der Waals surface area contributed by atoms with E-state index in [0.29, 0.717) is 17.7 Å². The van der Waals surface area contributed by atoms with E-state index < -0.39 is 0 Å². The first-order valence-electron chi connectivity index (χ1n) is 7.85. The van der Waals surface area contributed by atoms with Gasteiger partial charge in [-0.1, -0.05) is 33.6 Å². The van der Waals surface area contributed by atoms with Gasteiger partial charge in [-0.2, -0.15) is 0 Å². The molecule has 2 nitrogen and oxygen atoms in total. The van der Waals surface area contributed by atoms with Crippen molar-refractivity contribution in [3.05, 3.63) is 0 Å². The van der Waals surface area contributed by atoms with E-state index in [1.807, 2.05) is 0 Å². The van der Waals surface area contributed by atoms with Gasteiger partial charge in [0, 0.05) is 19.0 Å². The highest BCUT2D eigenvalue weighted by molar-refractivity contribution is 5.81. The Kier molecular flexibility index (Phi) is 4.69. The molecule has 18 heavy (non-hydrogen) atoms. The Bertz CT molecular complexity index is 275. The van der Waals surface area contributed by atoms with Crippen LogP contribution in [-0.4, -0.2) is 23.9 Å². The van der Waals surface area contributed by atoms with Gasteiger partial charge < -0.3 is 4.90 Å². The monoisotopic (exact) mass is 251 g/mol. The maximum atomic E-state index is 12.3. The van der Waals surface area contributed by atoms with Gasteiger partial charge in [-0.05, 0) is 43.4 Å². The van der Waals surface area contributed by atoms with Gasteiger partial charge in [0.1, 0.15) is 0 Å². The molecule has 0 aromatic rings. The lowest BCUT2D eigenvalue weighted by molar-refractivity contribution is -0.134. The minimum atomic E-state index is 0.381. The summed E-state index contributed by atoms with van der Waals surface area (Å²) in [7, 11) is 0. The number of carbonyl (C=O) groups is 1. The van der Waals surface area contributed by atoms with Crippen LogP contribution in [0.2, 0.25) is 0 Å². The molecular weight excluding hydrogens is 222 g/mol. The van der Waals surface area contributed by atoms with Crippen LogP contribution in [-0.2, 0) is 4.79 Å². The van der Waals surface area contributed by atoms with Gasteiger partial charge in [0.05, 0.1) is 0 Å². The third kappa shape index (κ3) is 4.00. The molecule has 0 heterocycles. The topological polar surface area (TPSA) is 20.3 Å². The van der Waals surface area contributed by atoms with Crippen molar-refractivity contribution in [2.75, 3.05) is 13.1 Å². The zero-order chi connectivity index (χ0) is 13.1. The Labute approximate surface area is 112 Å². The molecule has 0 aromatic heterocycles. The maximum Gasteiger partial charge on any atom is 0.225 e. The summed E-state index contributed by atoms with van der Waals surface area (Å²) >= 11 is 0. The molecule has 2 aliphatic carbocycles. The lowest BCUT2D eigenvalue weighted by Crippen LogP contribution is -2.39. The predicted octanol–water partition coefficient (Wildman–Crippen LogP) is 3.71. The zero-order valence-corrected chi connectivity index (χ0v) is 12.3. The van der Waals surface area contributed by atoms with E-state index in [0.717, 1.165) is 37.8 Å². The summed E-state index contributed by atoms with van der Waals surface area (Å²) in [5.41, 5.74) is 0. The molecule has 0 saturated heterocycles. The second-order valence-electron chi connectivity index (χ2n) is 7.04.